The summed E-state index contributed by atoms with van der Waals surface area (Å²) >= 11 is 0. The molecule has 0 bridgehead atoms. The lowest BCUT2D eigenvalue weighted by molar-refractivity contribution is -0.118. The van der Waals surface area contributed by atoms with Crippen LogP contribution in [0.1, 0.15) is 22.3 Å². The normalized spacial score (nSPS) is 9.94. The van der Waals surface area contributed by atoms with Crippen LogP contribution in [0.15, 0.2) is 12.1 Å². The number of rotatable bonds is 5. The Kier molecular flexibility index (Phi) is 3.92. The van der Waals surface area contributed by atoms with Crippen LogP contribution in [0.3, 0.4) is 0 Å². The van der Waals surface area contributed by atoms with Crippen molar-refractivity contribution >= 4 is 17.6 Å². The lowest BCUT2D eigenvalue weighted by Gasteiger charge is -2.10. The number of hydrogen-bond acceptors (Lipinski definition) is 4. The zero-order valence-corrected chi connectivity index (χ0v) is 9.40. The fourth-order valence-corrected chi connectivity index (χ4v) is 1.29. The molecule has 0 aliphatic rings. The van der Waals surface area contributed by atoms with E-state index in [0.29, 0.717) is 11.3 Å². The molecule has 6 heteroatoms. The van der Waals surface area contributed by atoms with E-state index in [0.717, 1.165) is 0 Å². The van der Waals surface area contributed by atoms with Crippen molar-refractivity contribution in [1.82, 2.24) is 0 Å². The number of ether oxygens (including phenoxy) is 1. The predicted molar refractivity (Wildman–Crippen MR) is 61.9 cm³/mol. The Labute approximate surface area is 98.2 Å². The van der Waals surface area contributed by atoms with Crippen LogP contribution in [0.2, 0.25) is 0 Å². The summed E-state index contributed by atoms with van der Waals surface area (Å²) in [5.74, 6) is -1.24. The Morgan fingerprint density at radius 1 is 1.41 bits per heavy atom. The van der Waals surface area contributed by atoms with Crippen molar-refractivity contribution in [2.75, 3.05) is 12.3 Å². The van der Waals surface area contributed by atoms with Crippen molar-refractivity contribution in [3.63, 3.8) is 0 Å². The summed E-state index contributed by atoms with van der Waals surface area (Å²) in [4.78, 5) is 21.4. The van der Waals surface area contributed by atoms with Crippen molar-refractivity contribution in [2.45, 2.75) is 13.3 Å². The molecule has 5 N–H and O–H groups in total. The molecule has 0 aliphatic carbocycles. The summed E-state index contributed by atoms with van der Waals surface area (Å²) < 4.78 is 5.22. The van der Waals surface area contributed by atoms with E-state index < -0.39 is 11.9 Å². The third-order valence-corrected chi connectivity index (χ3v) is 2.21. The van der Waals surface area contributed by atoms with Crippen LogP contribution in [0.4, 0.5) is 5.69 Å². The maximum absolute atomic E-state index is 10.9. The smallest absolute Gasteiger partial charge is 0.337 e. The van der Waals surface area contributed by atoms with Crippen LogP contribution >= 0.6 is 0 Å². The van der Waals surface area contributed by atoms with E-state index in [4.69, 9.17) is 21.3 Å². The molecule has 1 aromatic rings. The van der Waals surface area contributed by atoms with E-state index in [1.807, 2.05) is 0 Å². The molecule has 0 unspecified atom stereocenters. The second-order valence-electron chi connectivity index (χ2n) is 3.57. The highest BCUT2D eigenvalue weighted by atomic mass is 16.5. The Balaban J connectivity index is 2.87. The Bertz CT molecular complexity index is 457. The van der Waals surface area contributed by atoms with Crippen molar-refractivity contribution in [2.24, 2.45) is 5.73 Å². The van der Waals surface area contributed by atoms with Crippen LogP contribution in [-0.2, 0) is 4.79 Å². The summed E-state index contributed by atoms with van der Waals surface area (Å²) in [6.45, 7) is 1.79. The molecule has 0 radical (unpaired) electrons. The van der Waals surface area contributed by atoms with Gasteiger partial charge in [-0.15, -0.1) is 0 Å². The first kappa shape index (κ1) is 12.8. The third kappa shape index (κ3) is 3.37. The molecule has 1 rings (SSSR count). The van der Waals surface area contributed by atoms with E-state index >= 15 is 0 Å². The molecule has 0 spiro atoms. The van der Waals surface area contributed by atoms with Gasteiger partial charge in [-0.05, 0) is 24.6 Å². The van der Waals surface area contributed by atoms with E-state index in [-0.39, 0.29) is 24.3 Å². The largest absolute Gasteiger partial charge is 0.493 e. The molecule has 1 amide bonds. The minimum atomic E-state index is -1.12. The monoisotopic (exact) mass is 238 g/mol. The zero-order valence-electron chi connectivity index (χ0n) is 9.40. The summed E-state index contributed by atoms with van der Waals surface area (Å²) in [5.41, 5.74) is 11.4. The molecule has 0 atom stereocenters. The number of nitrogen functional groups attached to an aromatic ring is 1. The van der Waals surface area contributed by atoms with Crippen molar-refractivity contribution in [1.29, 1.82) is 0 Å². The van der Waals surface area contributed by atoms with Crippen LogP contribution in [0, 0.1) is 6.92 Å². The highest BCUT2D eigenvalue weighted by Crippen LogP contribution is 2.24. The van der Waals surface area contributed by atoms with Gasteiger partial charge in [-0.2, -0.15) is 0 Å². The topological polar surface area (TPSA) is 116 Å². The quantitative estimate of drug-likeness (QED) is 0.647. The number of nitrogens with two attached hydrogens (primary N) is 2. The van der Waals surface area contributed by atoms with Gasteiger partial charge in [-0.1, -0.05) is 0 Å². The molecular formula is C11H14N2O4. The Morgan fingerprint density at radius 2 is 2.06 bits per heavy atom. The number of aryl methyl sites for hydroxylation is 1. The number of hydrogen-bond donors (Lipinski definition) is 3. The van der Waals surface area contributed by atoms with E-state index in [1.54, 1.807) is 13.0 Å². The number of carboxylic acid groups (broad SMARTS) is 1. The number of primary amides is 1. The van der Waals surface area contributed by atoms with E-state index in [1.165, 1.54) is 6.07 Å². The molecule has 92 valence electrons. The molecule has 0 saturated carbocycles. The van der Waals surface area contributed by atoms with Gasteiger partial charge in [0.05, 0.1) is 18.6 Å². The number of anilines is 1. The van der Waals surface area contributed by atoms with Crippen molar-refractivity contribution in [3.05, 3.63) is 23.3 Å². The number of amides is 1. The van der Waals surface area contributed by atoms with Gasteiger partial charge in [-0.25, -0.2) is 4.79 Å². The second kappa shape index (κ2) is 5.20. The molecule has 1 aromatic carbocycles. The lowest BCUT2D eigenvalue weighted by atomic mass is 10.1. The average Bonchev–Trinajstić information content (AvgIpc) is 2.22. The fraction of sp³-hybridized carbons (Fsp3) is 0.273. The maximum atomic E-state index is 10.9. The maximum Gasteiger partial charge on any atom is 0.337 e. The van der Waals surface area contributed by atoms with Crippen LogP contribution in [0.25, 0.3) is 0 Å². The Morgan fingerprint density at radius 3 is 2.59 bits per heavy atom. The summed E-state index contributed by atoms with van der Waals surface area (Å²) in [7, 11) is 0. The van der Waals surface area contributed by atoms with Gasteiger partial charge in [0.25, 0.3) is 0 Å². The van der Waals surface area contributed by atoms with Crippen LogP contribution < -0.4 is 16.2 Å². The van der Waals surface area contributed by atoms with Crippen molar-refractivity contribution in [3.8, 4) is 5.75 Å². The summed E-state index contributed by atoms with van der Waals surface area (Å²) in [6, 6.07) is 2.94. The number of carbonyl (C=O) groups excluding carboxylic acids is 1. The standard InChI is InChI=1S/C11H14N2O4/c1-6-4-7(17-3-2-9(12)14)5-8(10(6)13)11(15)16/h4-5H,2-3,13H2,1H3,(H2,12,14)(H,15,16). The van der Waals surface area contributed by atoms with Gasteiger partial charge < -0.3 is 21.3 Å². The SMILES string of the molecule is Cc1cc(OCCC(N)=O)cc(C(=O)O)c1N. The number of aromatic carboxylic acids is 1. The first-order valence-corrected chi connectivity index (χ1v) is 4.96. The molecule has 0 aliphatic heterocycles. The van der Waals surface area contributed by atoms with Crippen LogP contribution in [-0.4, -0.2) is 23.6 Å². The minimum Gasteiger partial charge on any atom is -0.493 e. The van der Waals surface area contributed by atoms with Gasteiger partial charge >= 0.3 is 5.97 Å². The van der Waals surface area contributed by atoms with Crippen molar-refractivity contribution < 1.29 is 19.4 Å². The molecule has 6 nitrogen and oxygen atoms in total. The van der Waals surface area contributed by atoms with Gasteiger partial charge in [0.1, 0.15) is 5.75 Å². The number of carboxylic acids is 1. The minimum absolute atomic E-state index is 0.0147. The predicted octanol–water partition coefficient (Wildman–Crippen LogP) is 0.530. The van der Waals surface area contributed by atoms with Gasteiger partial charge in [0, 0.05) is 5.69 Å². The highest BCUT2D eigenvalue weighted by molar-refractivity contribution is 5.95. The zero-order chi connectivity index (χ0) is 13.0. The number of carbonyl (C=O) groups is 2. The lowest BCUT2D eigenvalue weighted by Crippen LogP contribution is -2.15. The molecule has 17 heavy (non-hydrogen) atoms. The molecule has 0 heterocycles. The van der Waals surface area contributed by atoms with Gasteiger partial charge in [0.15, 0.2) is 0 Å². The summed E-state index contributed by atoms with van der Waals surface area (Å²) in [6.07, 6.45) is 0.0752. The third-order valence-electron chi connectivity index (χ3n) is 2.21. The first-order valence-electron chi connectivity index (χ1n) is 4.96. The molecule has 0 saturated heterocycles. The fourth-order valence-electron chi connectivity index (χ4n) is 1.29. The van der Waals surface area contributed by atoms with E-state index in [9.17, 15) is 9.59 Å². The molecular weight excluding hydrogens is 224 g/mol. The highest BCUT2D eigenvalue weighted by Gasteiger charge is 2.12. The number of benzene rings is 1. The second-order valence-corrected chi connectivity index (χ2v) is 3.57. The van der Waals surface area contributed by atoms with Crippen LogP contribution in [0.5, 0.6) is 5.75 Å². The average molecular weight is 238 g/mol. The Hall–Kier alpha value is -2.24. The first-order chi connectivity index (χ1) is 7.91. The van der Waals surface area contributed by atoms with E-state index in [2.05, 4.69) is 0 Å². The molecule has 0 aromatic heterocycles. The van der Waals surface area contributed by atoms with Gasteiger partial charge in [0.2, 0.25) is 5.91 Å². The molecule has 0 fully saturated rings. The van der Waals surface area contributed by atoms with Gasteiger partial charge in [-0.3, -0.25) is 4.79 Å². The summed E-state index contributed by atoms with van der Waals surface area (Å²) in [5, 5.41) is 8.92.